The Morgan fingerprint density at radius 3 is 2.36 bits per heavy atom. The summed E-state index contributed by atoms with van der Waals surface area (Å²) in [6.07, 6.45) is 1.05. The van der Waals surface area contributed by atoms with Gasteiger partial charge in [-0.25, -0.2) is 9.18 Å². The van der Waals surface area contributed by atoms with Crippen LogP contribution < -0.4 is 0 Å². The van der Waals surface area contributed by atoms with Crippen molar-refractivity contribution in [1.29, 1.82) is 0 Å². The Morgan fingerprint density at radius 2 is 1.73 bits per heavy atom. The van der Waals surface area contributed by atoms with Crippen LogP contribution in [0.5, 0.6) is 0 Å². The minimum absolute atomic E-state index is 0.0691. The van der Waals surface area contributed by atoms with Crippen LogP contribution in [-0.4, -0.2) is 12.6 Å². The van der Waals surface area contributed by atoms with Gasteiger partial charge in [-0.05, 0) is 24.6 Å². The van der Waals surface area contributed by atoms with Crippen LogP contribution in [0.1, 0.15) is 61.4 Å². The molecule has 0 spiro atoms. The van der Waals surface area contributed by atoms with Gasteiger partial charge in [-0.3, -0.25) is 0 Å². The number of unbranched alkanes of at least 4 members (excludes halogenated alkanes) is 5. The van der Waals surface area contributed by atoms with Gasteiger partial charge in [0, 0.05) is 0 Å². The molecule has 0 atom stereocenters. The molecule has 0 amide bonds. The molecule has 0 bridgehead atoms. The van der Waals surface area contributed by atoms with Crippen molar-refractivity contribution in [2.24, 2.45) is 0 Å². The lowest BCUT2D eigenvalue weighted by molar-refractivity contribution is -0.138. The largest absolute Gasteiger partial charge is 0.462 e. The molecule has 0 aliphatic rings. The summed E-state index contributed by atoms with van der Waals surface area (Å²) in [5.74, 6) is -2.11. The van der Waals surface area contributed by atoms with E-state index in [1.165, 1.54) is 0 Å². The van der Waals surface area contributed by atoms with Crippen LogP contribution in [0.25, 0.3) is 0 Å². The number of carbonyl (C=O) groups excluding carboxylic acids is 1. The van der Waals surface area contributed by atoms with Crippen molar-refractivity contribution >= 4 is 5.97 Å². The third kappa shape index (κ3) is 6.03. The summed E-state index contributed by atoms with van der Waals surface area (Å²) in [7, 11) is 0. The second kappa shape index (κ2) is 8.76. The second-order valence-corrected chi connectivity index (χ2v) is 5.09. The van der Waals surface area contributed by atoms with Crippen molar-refractivity contribution in [3.8, 4) is 0 Å². The maximum absolute atomic E-state index is 12.9. The Labute approximate surface area is 127 Å². The zero-order valence-corrected chi connectivity index (χ0v) is 12.5. The number of rotatable bonds is 8. The topological polar surface area (TPSA) is 26.3 Å². The van der Waals surface area contributed by atoms with Crippen molar-refractivity contribution in [3.63, 3.8) is 0 Å². The van der Waals surface area contributed by atoms with E-state index in [1.54, 1.807) is 0 Å². The van der Waals surface area contributed by atoms with Crippen molar-refractivity contribution in [3.05, 3.63) is 35.1 Å². The number of hydrogen-bond donors (Lipinski definition) is 0. The Hall–Kier alpha value is -1.59. The van der Waals surface area contributed by atoms with Gasteiger partial charge in [0.05, 0.1) is 17.7 Å². The zero-order chi connectivity index (χ0) is 16.6. The molecule has 0 saturated carbocycles. The number of benzene rings is 1. The normalized spacial score (nSPS) is 11.5. The summed E-state index contributed by atoms with van der Waals surface area (Å²) in [6.45, 7) is 2.17. The average Bonchev–Trinajstić information content (AvgIpc) is 2.45. The molecular weight excluding hydrogens is 300 g/mol. The highest BCUT2D eigenvalue weighted by Crippen LogP contribution is 2.32. The van der Waals surface area contributed by atoms with Gasteiger partial charge >= 0.3 is 12.1 Å². The standard InChI is InChI=1S/C16H20F4O2/c1-2-3-4-5-6-7-10-22-15(21)13-9-8-12(17)11-14(13)16(18,19)20/h8-9,11H,2-7,10H2,1H3. The lowest BCUT2D eigenvalue weighted by atomic mass is 10.1. The lowest BCUT2D eigenvalue weighted by Gasteiger charge is -2.12. The van der Waals surface area contributed by atoms with Crippen molar-refractivity contribution in [1.82, 2.24) is 0 Å². The highest BCUT2D eigenvalue weighted by atomic mass is 19.4. The number of carbonyl (C=O) groups is 1. The monoisotopic (exact) mass is 320 g/mol. The molecule has 0 fully saturated rings. The van der Waals surface area contributed by atoms with E-state index in [2.05, 4.69) is 6.92 Å². The fourth-order valence-electron chi connectivity index (χ4n) is 2.05. The predicted octanol–water partition coefficient (Wildman–Crippen LogP) is 5.36. The Kier molecular flexibility index (Phi) is 7.35. The fourth-order valence-corrected chi connectivity index (χ4v) is 2.05. The molecule has 0 aromatic heterocycles. The summed E-state index contributed by atoms with van der Waals surface area (Å²) in [5.41, 5.74) is -1.96. The number of halogens is 4. The van der Waals surface area contributed by atoms with E-state index in [0.717, 1.165) is 44.2 Å². The quantitative estimate of drug-likeness (QED) is 0.366. The van der Waals surface area contributed by atoms with Crippen LogP contribution in [0.3, 0.4) is 0 Å². The summed E-state index contributed by atoms with van der Waals surface area (Å²) in [4.78, 5) is 11.7. The predicted molar refractivity (Wildman–Crippen MR) is 75.1 cm³/mol. The van der Waals surface area contributed by atoms with E-state index in [9.17, 15) is 22.4 Å². The van der Waals surface area contributed by atoms with Crippen LogP contribution in [0.2, 0.25) is 0 Å². The zero-order valence-electron chi connectivity index (χ0n) is 12.5. The Balaban J connectivity index is 2.52. The van der Waals surface area contributed by atoms with Gasteiger partial charge in [-0.2, -0.15) is 13.2 Å². The van der Waals surface area contributed by atoms with Crippen LogP contribution in [0.4, 0.5) is 17.6 Å². The minimum Gasteiger partial charge on any atom is -0.462 e. The van der Waals surface area contributed by atoms with Gasteiger partial charge in [-0.1, -0.05) is 39.0 Å². The summed E-state index contributed by atoms with van der Waals surface area (Å²) >= 11 is 0. The van der Waals surface area contributed by atoms with Gasteiger partial charge in [0.15, 0.2) is 0 Å². The van der Waals surface area contributed by atoms with Crippen LogP contribution in [-0.2, 0) is 10.9 Å². The fraction of sp³-hybridized carbons (Fsp3) is 0.562. The second-order valence-electron chi connectivity index (χ2n) is 5.09. The highest BCUT2D eigenvalue weighted by molar-refractivity contribution is 5.91. The molecule has 6 heteroatoms. The van der Waals surface area contributed by atoms with E-state index in [0.29, 0.717) is 12.5 Å². The molecule has 1 rings (SSSR count). The molecule has 0 radical (unpaired) electrons. The summed E-state index contributed by atoms with van der Waals surface area (Å²) in [5, 5.41) is 0. The van der Waals surface area contributed by atoms with Crippen LogP contribution >= 0.6 is 0 Å². The van der Waals surface area contributed by atoms with Crippen LogP contribution in [0.15, 0.2) is 18.2 Å². The molecule has 22 heavy (non-hydrogen) atoms. The maximum Gasteiger partial charge on any atom is 0.417 e. The van der Waals surface area contributed by atoms with Crippen molar-refractivity contribution < 1.29 is 27.1 Å². The molecule has 0 aliphatic heterocycles. The first kappa shape index (κ1) is 18.5. The molecule has 0 N–H and O–H groups in total. The highest BCUT2D eigenvalue weighted by Gasteiger charge is 2.36. The summed E-state index contributed by atoms with van der Waals surface area (Å²) in [6, 6.07) is 1.93. The van der Waals surface area contributed by atoms with Gasteiger partial charge in [-0.15, -0.1) is 0 Å². The van der Waals surface area contributed by atoms with Gasteiger partial charge in [0.25, 0.3) is 0 Å². The van der Waals surface area contributed by atoms with Gasteiger partial charge < -0.3 is 4.74 Å². The lowest BCUT2D eigenvalue weighted by Crippen LogP contribution is -2.16. The molecule has 0 heterocycles. The van der Waals surface area contributed by atoms with Crippen molar-refractivity contribution in [2.45, 2.75) is 51.6 Å². The molecule has 0 unspecified atom stereocenters. The first-order valence-electron chi connectivity index (χ1n) is 7.40. The maximum atomic E-state index is 12.9. The molecule has 124 valence electrons. The summed E-state index contributed by atoms with van der Waals surface area (Å²) < 4.78 is 56.1. The van der Waals surface area contributed by atoms with E-state index in [-0.39, 0.29) is 6.61 Å². The number of alkyl halides is 3. The number of hydrogen-bond acceptors (Lipinski definition) is 2. The van der Waals surface area contributed by atoms with E-state index in [4.69, 9.17) is 4.74 Å². The van der Waals surface area contributed by atoms with E-state index < -0.39 is 29.1 Å². The third-order valence-corrected chi connectivity index (χ3v) is 3.24. The molecule has 1 aromatic rings. The van der Waals surface area contributed by atoms with Gasteiger partial charge in [0.2, 0.25) is 0 Å². The first-order valence-corrected chi connectivity index (χ1v) is 7.40. The Morgan fingerprint density at radius 1 is 1.09 bits per heavy atom. The molecular formula is C16H20F4O2. The minimum atomic E-state index is -4.80. The third-order valence-electron chi connectivity index (χ3n) is 3.24. The van der Waals surface area contributed by atoms with Gasteiger partial charge in [0.1, 0.15) is 5.82 Å². The van der Waals surface area contributed by atoms with E-state index >= 15 is 0 Å². The average molecular weight is 320 g/mol. The molecule has 0 aliphatic carbocycles. The smallest absolute Gasteiger partial charge is 0.417 e. The number of esters is 1. The van der Waals surface area contributed by atoms with Crippen molar-refractivity contribution in [2.75, 3.05) is 6.61 Å². The SMILES string of the molecule is CCCCCCCCOC(=O)c1ccc(F)cc1C(F)(F)F. The molecule has 2 nitrogen and oxygen atoms in total. The number of ether oxygens (including phenoxy) is 1. The first-order chi connectivity index (χ1) is 10.4. The molecule has 0 saturated heterocycles. The van der Waals surface area contributed by atoms with E-state index in [1.807, 2.05) is 0 Å². The van der Waals surface area contributed by atoms with Crippen LogP contribution in [0, 0.1) is 5.82 Å². The molecule has 1 aromatic carbocycles. The Bertz CT molecular complexity index is 484.